The number of nitrogen functional groups attached to an aromatic ring is 1. The Morgan fingerprint density at radius 2 is 2.23 bits per heavy atom. The molecular weight excluding hydrogens is 350 g/mol. The maximum absolute atomic E-state index is 14.4. The van der Waals surface area contributed by atoms with Gasteiger partial charge in [-0.1, -0.05) is 0 Å². The van der Waals surface area contributed by atoms with E-state index in [4.69, 9.17) is 10.5 Å². The van der Waals surface area contributed by atoms with Crippen LogP contribution in [0.5, 0.6) is 0 Å². The summed E-state index contributed by atoms with van der Waals surface area (Å²) in [5.74, 6) is -3.75. The average Bonchev–Trinajstić information content (AvgIpc) is 3.09. The molecule has 4 atom stereocenters. The first-order chi connectivity index (χ1) is 12.2. The van der Waals surface area contributed by atoms with Crippen molar-refractivity contribution in [1.82, 2.24) is 24.6 Å². The van der Waals surface area contributed by atoms with E-state index < -0.39 is 30.0 Å². The summed E-state index contributed by atoms with van der Waals surface area (Å²) in [5.41, 5.74) is 5.24. The third kappa shape index (κ3) is 3.20. The fourth-order valence-electron chi connectivity index (χ4n) is 2.95. The number of hydrogen-bond acceptors (Lipinski definition) is 7. The zero-order valence-corrected chi connectivity index (χ0v) is 14.2. The van der Waals surface area contributed by atoms with Crippen LogP contribution in [0.25, 0.3) is 0 Å². The molecule has 11 heteroatoms. The average molecular weight is 370 g/mol. The summed E-state index contributed by atoms with van der Waals surface area (Å²) in [6.07, 6.45) is -2.56. The van der Waals surface area contributed by atoms with E-state index in [0.717, 1.165) is 11.9 Å². The van der Waals surface area contributed by atoms with Gasteiger partial charge in [-0.05, 0) is 19.1 Å². The lowest BCUT2D eigenvalue weighted by molar-refractivity contribution is -0.140. The topological polar surface area (TPSA) is 120 Å². The predicted octanol–water partition coefficient (Wildman–Crippen LogP) is -0.197. The SMILES string of the molecule is C[C@H](NC[C@H]1O[C@@H](n2ccc(N)nc2=O)C(F)(F)[C@@H]1O)c1ccnn1C. The summed E-state index contributed by atoms with van der Waals surface area (Å²) in [4.78, 5) is 15.3. The van der Waals surface area contributed by atoms with E-state index in [1.807, 2.05) is 6.92 Å². The zero-order valence-electron chi connectivity index (χ0n) is 14.2. The predicted molar refractivity (Wildman–Crippen MR) is 87.4 cm³/mol. The normalized spacial score (nSPS) is 26.1. The standard InChI is InChI=1S/C15H20F2N6O3/c1-8(9-3-5-20-22(9)2)19-7-10-12(24)15(16,17)13(26-10)23-6-4-11(18)21-14(23)25/h3-6,8,10,12-13,19,24H,7H2,1-2H3,(H2,18,21,25)/t8-,10+,12+,13+/m0/s1. The minimum Gasteiger partial charge on any atom is -0.384 e. The van der Waals surface area contributed by atoms with Crippen LogP contribution in [0.15, 0.2) is 29.3 Å². The summed E-state index contributed by atoms with van der Waals surface area (Å²) >= 11 is 0. The number of alkyl halides is 2. The van der Waals surface area contributed by atoms with E-state index in [1.54, 1.807) is 24.0 Å². The lowest BCUT2D eigenvalue weighted by Crippen LogP contribution is -2.43. The Kier molecular flexibility index (Phi) is 4.78. The number of aryl methyl sites for hydroxylation is 1. The third-order valence-electron chi connectivity index (χ3n) is 4.41. The molecule has 1 fully saturated rings. The van der Waals surface area contributed by atoms with E-state index in [2.05, 4.69) is 15.4 Å². The van der Waals surface area contributed by atoms with Crippen LogP contribution in [0.2, 0.25) is 0 Å². The molecule has 0 saturated carbocycles. The molecule has 26 heavy (non-hydrogen) atoms. The van der Waals surface area contributed by atoms with Crippen molar-refractivity contribution in [3.05, 3.63) is 40.7 Å². The first-order valence-corrected chi connectivity index (χ1v) is 7.99. The molecular formula is C15H20F2N6O3. The molecule has 0 aromatic carbocycles. The minimum absolute atomic E-state index is 0.0449. The number of nitrogens with one attached hydrogen (secondary N) is 1. The van der Waals surface area contributed by atoms with Gasteiger partial charge in [-0.25, -0.2) is 4.79 Å². The molecule has 0 aliphatic carbocycles. The highest BCUT2D eigenvalue weighted by Crippen LogP contribution is 2.42. The van der Waals surface area contributed by atoms with Gasteiger partial charge in [0.05, 0.1) is 5.69 Å². The molecule has 0 radical (unpaired) electrons. The highest BCUT2D eigenvalue weighted by Gasteiger charge is 2.59. The number of aliphatic hydroxyl groups is 1. The molecule has 1 aliphatic heterocycles. The molecule has 0 bridgehead atoms. The monoisotopic (exact) mass is 370 g/mol. The Morgan fingerprint density at radius 1 is 1.50 bits per heavy atom. The molecule has 4 N–H and O–H groups in total. The van der Waals surface area contributed by atoms with Gasteiger partial charge in [-0.3, -0.25) is 9.25 Å². The van der Waals surface area contributed by atoms with Crippen LogP contribution in [0, 0.1) is 0 Å². The number of rotatable bonds is 5. The first kappa shape index (κ1) is 18.4. The molecule has 0 spiro atoms. The van der Waals surface area contributed by atoms with Crippen molar-refractivity contribution in [2.45, 2.75) is 37.3 Å². The number of aromatic nitrogens is 4. The minimum atomic E-state index is -3.66. The summed E-state index contributed by atoms with van der Waals surface area (Å²) < 4.78 is 36.5. The van der Waals surface area contributed by atoms with E-state index >= 15 is 0 Å². The van der Waals surface area contributed by atoms with E-state index in [1.165, 1.54) is 6.07 Å². The Hall–Kier alpha value is -2.37. The fraction of sp³-hybridized carbons (Fsp3) is 0.533. The van der Waals surface area contributed by atoms with Crippen molar-refractivity contribution in [2.24, 2.45) is 7.05 Å². The van der Waals surface area contributed by atoms with Crippen LogP contribution in [0.1, 0.15) is 24.9 Å². The maximum Gasteiger partial charge on any atom is 0.351 e. The van der Waals surface area contributed by atoms with Gasteiger partial charge in [0, 0.05) is 32.0 Å². The van der Waals surface area contributed by atoms with Crippen molar-refractivity contribution in [3.63, 3.8) is 0 Å². The molecule has 2 aromatic rings. The summed E-state index contributed by atoms with van der Waals surface area (Å²) in [5, 5.41) is 17.1. The van der Waals surface area contributed by atoms with Gasteiger partial charge >= 0.3 is 11.6 Å². The third-order valence-corrected chi connectivity index (χ3v) is 4.41. The lowest BCUT2D eigenvalue weighted by Gasteiger charge is -2.21. The smallest absolute Gasteiger partial charge is 0.351 e. The Morgan fingerprint density at radius 3 is 2.85 bits per heavy atom. The summed E-state index contributed by atoms with van der Waals surface area (Å²) in [7, 11) is 1.76. The van der Waals surface area contributed by atoms with Gasteiger partial charge in [0.1, 0.15) is 18.0 Å². The van der Waals surface area contributed by atoms with Crippen molar-refractivity contribution in [3.8, 4) is 0 Å². The van der Waals surface area contributed by atoms with Gasteiger partial charge < -0.3 is 20.9 Å². The van der Waals surface area contributed by atoms with Gasteiger partial charge in [0.25, 0.3) is 0 Å². The van der Waals surface area contributed by atoms with E-state index in [-0.39, 0.29) is 18.4 Å². The first-order valence-electron chi connectivity index (χ1n) is 7.99. The summed E-state index contributed by atoms with van der Waals surface area (Å²) in [6, 6.07) is 2.80. The van der Waals surface area contributed by atoms with Crippen molar-refractivity contribution in [1.29, 1.82) is 0 Å². The number of nitrogens with two attached hydrogens (primary N) is 1. The summed E-state index contributed by atoms with van der Waals surface area (Å²) in [6.45, 7) is 1.79. The van der Waals surface area contributed by atoms with Crippen molar-refractivity contribution < 1.29 is 18.6 Å². The molecule has 1 saturated heterocycles. The number of halogens is 2. The molecule has 1 aliphatic rings. The fourth-order valence-corrected chi connectivity index (χ4v) is 2.95. The molecule has 0 amide bonds. The van der Waals surface area contributed by atoms with Gasteiger partial charge in [0.2, 0.25) is 6.23 Å². The highest BCUT2D eigenvalue weighted by molar-refractivity contribution is 5.23. The number of anilines is 1. The second kappa shape index (κ2) is 6.74. The van der Waals surface area contributed by atoms with Crippen LogP contribution in [-0.4, -0.2) is 49.1 Å². The molecule has 2 aromatic heterocycles. The second-order valence-electron chi connectivity index (χ2n) is 6.20. The Labute approximate surface area is 147 Å². The van der Waals surface area contributed by atoms with Crippen LogP contribution in [0.4, 0.5) is 14.6 Å². The highest BCUT2D eigenvalue weighted by atomic mass is 19.3. The van der Waals surface area contributed by atoms with Gasteiger partial charge in [-0.15, -0.1) is 0 Å². The van der Waals surface area contributed by atoms with Crippen molar-refractivity contribution >= 4 is 5.82 Å². The number of hydrogen-bond donors (Lipinski definition) is 3. The van der Waals surface area contributed by atoms with E-state index in [0.29, 0.717) is 4.57 Å². The quantitative estimate of drug-likeness (QED) is 0.667. The van der Waals surface area contributed by atoms with Gasteiger partial charge in [-0.2, -0.15) is 18.9 Å². The maximum atomic E-state index is 14.4. The lowest BCUT2D eigenvalue weighted by atomic mass is 10.1. The Balaban J connectivity index is 1.74. The van der Waals surface area contributed by atoms with Crippen LogP contribution in [-0.2, 0) is 11.8 Å². The molecule has 3 rings (SSSR count). The molecule has 9 nitrogen and oxygen atoms in total. The molecule has 3 heterocycles. The van der Waals surface area contributed by atoms with E-state index in [9.17, 15) is 18.7 Å². The van der Waals surface area contributed by atoms with Crippen LogP contribution >= 0.6 is 0 Å². The largest absolute Gasteiger partial charge is 0.384 e. The molecule has 0 unspecified atom stereocenters. The van der Waals surface area contributed by atoms with Crippen LogP contribution in [0.3, 0.4) is 0 Å². The van der Waals surface area contributed by atoms with Crippen molar-refractivity contribution in [2.75, 3.05) is 12.3 Å². The number of ether oxygens (including phenoxy) is 1. The second-order valence-corrected chi connectivity index (χ2v) is 6.20. The number of nitrogens with zero attached hydrogens (tertiary/aromatic N) is 4. The Bertz CT molecular complexity index is 839. The van der Waals surface area contributed by atoms with Gasteiger partial charge in [0.15, 0.2) is 0 Å². The number of aliphatic hydroxyl groups excluding tert-OH is 1. The van der Waals surface area contributed by atoms with Crippen LogP contribution < -0.4 is 16.7 Å². The zero-order chi connectivity index (χ0) is 19.1. The molecule has 142 valence electrons.